The van der Waals surface area contributed by atoms with Crippen molar-refractivity contribution in [3.63, 3.8) is 0 Å². The fourth-order valence-corrected chi connectivity index (χ4v) is 2.79. The van der Waals surface area contributed by atoms with Crippen LogP contribution in [0.4, 0.5) is 0 Å². The van der Waals surface area contributed by atoms with E-state index in [4.69, 9.17) is 19.9 Å². The molecule has 0 bridgehead atoms. The van der Waals surface area contributed by atoms with E-state index in [-0.39, 0.29) is 11.9 Å². The second-order valence-electron chi connectivity index (χ2n) is 5.91. The number of nitrogens with zero attached hydrogens (tertiary/aromatic N) is 1. The Morgan fingerprint density at radius 3 is 2.29 bits per heavy atom. The van der Waals surface area contributed by atoms with E-state index < -0.39 is 0 Å². The predicted molar refractivity (Wildman–Crippen MR) is 91.6 cm³/mol. The lowest BCUT2D eigenvalue weighted by molar-refractivity contribution is -0.122. The Bertz CT molecular complexity index is 557. The van der Waals surface area contributed by atoms with Crippen molar-refractivity contribution in [1.29, 1.82) is 0 Å². The first-order chi connectivity index (χ1) is 11.6. The van der Waals surface area contributed by atoms with Crippen molar-refractivity contribution in [3.05, 3.63) is 17.7 Å². The number of rotatable bonds is 7. The van der Waals surface area contributed by atoms with E-state index in [1.54, 1.807) is 27.4 Å². The van der Waals surface area contributed by atoms with Gasteiger partial charge in [-0.25, -0.2) is 0 Å². The van der Waals surface area contributed by atoms with Gasteiger partial charge in [0.2, 0.25) is 5.91 Å². The molecule has 0 aliphatic carbocycles. The fourth-order valence-electron chi connectivity index (χ4n) is 2.79. The van der Waals surface area contributed by atoms with Crippen LogP contribution in [-0.2, 0) is 11.3 Å². The lowest BCUT2D eigenvalue weighted by atomic mass is 10.1. The molecule has 1 aliphatic heterocycles. The Kier molecular flexibility index (Phi) is 6.69. The molecular formula is C17H27N3O4. The molecule has 7 nitrogen and oxygen atoms in total. The van der Waals surface area contributed by atoms with Crippen LogP contribution in [0.5, 0.6) is 17.2 Å². The largest absolute Gasteiger partial charge is 0.496 e. The molecule has 0 atom stereocenters. The molecule has 24 heavy (non-hydrogen) atoms. The summed E-state index contributed by atoms with van der Waals surface area (Å²) in [5, 5.41) is 2.93. The number of nitrogens with one attached hydrogen (secondary N) is 1. The van der Waals surface area contributed by atoms with Gasteiger partial charge in [0.1, 0.15) is 5.75 Å². The molecule has 1 aromatic rings. The third-order valence-electron chi connectivity index (χ3n) is 4.26. The summed E-state index contributed by atoms with van der Waals surface area (Å²) in [6, 6.07) is 3.84. The van der Waals surface area contributed by atoms with Crippen LogP contribution in [0.25, 0.3) is 0 Å². The number of carbonyl (C=O) groups excluding carboxylic acids is 1. The van der Waals surface area contributed by atoms with Crippen molar-refractivity contribution < 1.29 is 19.0 Å². The van der Waals surface area contributed by atoms with Crippen molar-refractivity contribution in [2.75, 3.05) is 41.0 Å². The number of amides is 1. The van der Waals surface area contributed by atoms with Gasteiger partial charge in [-0.15, -0.1) is 0 Å². The van der Waals surface area contributed by atoms with Crippen LogP contribution in [0.3, 0.4) is 0 Å². The average Bonchev–Trinajstić information content (AvgIpc) is 2.61. The number of piperidine rings is 1. The number of methoxy groups -OCH3 is 3. The average molecular weight is 337 g/mol. The zero-order valence-electron chi connectivity index (χ0n) is 14.6. The molecule has 7 heteroatoms. The van der Waals surface area contributed by atoms with E-state index in [1.165, 1.54) is 0 Å². The van der Waals surface area contributed by atoms with E-state index >= 15 is 0 Å². The van der Waals surface area contributed by atoms with Gasteiger partial charge < -0.3 is 25.3 Å². The molecule has 2 rings (SSSR count). The summed E-state index contributed by atoms with van der Waals surface area (Å²) in [7, 11) is 4.74. The lowest BCUT2D eigenvalue weighted by Gasteiger charge is -2.29. The zero-order chi connectivity index (χ0) is 17.5. The number of ether oxygens (including phenoxy) is 3. The molecule has 1 saturated heterocycles. The number of hydrogen-bond acceptors (Lipinski definition) is 6. The number of nitrogens with two attached hydrogens (primary N) is 1. The maximum absolute atomic E-state index is 12.2. The van der Waals surface area contributed by atoms with Gasteiger partial charge in [-0.3, -0.25) is 9.69 Å². The van der Waals surface area contributed by atoms with Gasteiger partial charge in [-0.2, -0.15) is 0 Å². The van der Waals surface area contributed by atoms with Crippen LogP contribution in [0.15, 0.2) is 12.1 Å². The topological polar surface area (TPSA) is 86.0 Å². The molecule has 0 saturated carbocycles. The SMILES string of the molecule is COc1cc(OC)c(OC)cc1CNC(=O)CN1CCC(N)CC1. The third-order valence-corrected chi connectivity index (χ3v) is 4.26. The quantitative estimate of drug-likeness (QED) is 0.764. The standard InChI is InChI=1S/C17H27N3O4/c1-22-14-9-16(24-3)15(23-2)8-12(14)10-19-17(21)11-20-6-4-13(18)5-7-20/h8-9,13H,4-7,10-11,18H2,1-3H3,(H,19,21). The molecule has 134 valence electrons. The Balaban J connectivity index is 1.94. The van der Waals surface area contributed by atoms with Crippen LogP contribution < -0.4 is 25.3 Å². The Morgan fingerprint density at radius 1 is 1.12 bits per heavy atom. The Labute approximate surface area is 143 Å². The molecule has 1 fully saturated rings. The summed E-state index contributed by atoms with van der Waals surface area (Å²) in [6.07, 6.45) is 1.88. The fraction of sp³-hybridized carbons (Fsp3) is 0.588. The maximum atomic E-state index is 12.2. The van der Waals surface area contributed by atoms with Crippen molar-refractivity contribution >= 4 is 5.91 Å². The lowest BCUT2D eigenvalue weighted by Crippen LogP contribution is -2.44. The summed E-state index contributed by atoms with van der Waals surface area (Å²) in [4.78, 5) is 14.3. The molecule has 1 heterocycles. The molecule has 1 aromatic carbocycles. The van der Waals surface area contributed by atoms with E-state index in [0.29, 0.717) is 30.3 Å². The number of benzene rings is 1. The molecule has 3 N–H and O–H groups in total. The number of carbonyl (C=O) groups is 1. The number of hydrogen-bond donors (Lipinski definition) is 2. The van der Waals surface area contributed by atoms with E-state index in [0.717, 1.165) is 31.5 Å². The van der Waals surface area contributed by atoms with Crippen molar-refractivity contribution in [3.8, 4) is 17.2 Å². The summed E-state index contributed by atoms with van der Waals surface area (Å²) in [5.74, 6) is 1.83. The van der Waals surface area contributed by atoms with Gasteiger partial charge >= 0.3 is 0 Å². The first kappa shape index (κ1) is 18.4. The van der Waals surface area contributed by atoms with E-state index in [9.17, 15) is 4.79 Å². The summed E-state index contributed by atoms with van der Waals surface area (Å²) in [5.41, 5.74) is 6.72. The molecular weight excluding hydrogens is 310 g/mol. The smallest absolute Gasteiger partial charge is 0.234 e. The first-order valence-corrected chi connectivity index (χ1v) is 8.11. The van der Waals surface area contributed by atoms with Gasteiger partial charge in [0.05, 0.1) is 27.9 Å². The minimum Gasteiger partial charge on any atom is -0.496 e. The van der Waals surface area contributed by atoms with Gasteiger partial charge in [-0.05, 0) is 18.9 Å². The van der Waals surface area contributed by atoms with E-state index in [1.807, 2.05) is 6.07 Å². The molecule has 0 aromatic heterocycles. The van der Waals surface area contributed by atoms with Gasteiger partial charge in [0, 0.05) is 37.3 Å². The highest BCUT2D eigenvalue weighted by Crippen LogP contribution is 2.34. The van der Waals surface area contributed by atoms with Crippen molar-refractivity contribution in [1.82, 2.24) is 10.2 Å². The minimum atomic E-state index is -0.0118. The Hall–Kier alpha value is -1.99. The number of likely N-dealkylation sites (tertiary alicyclic amines) is 1. The summed E-state index contributed by atoms with van der Waals surface area (Å²) < 4.78 is 15.9. The Morgan fingerprint density at radius 2 is 1.71 bits per heavy atom. The monoisotopic (exact) mass is 337 g/mol. The van der Waals surface area contributed by atoms with Crippen LogP contribution >= 0.6 is 0 Å². The molecule has 1 amide bonds. The van der Waals surface area contributed by atoms with Gasteiger partial charge in [0.15, 0.2) is 11.5 Å². The second-order valence-corrected chi connectivity index (χ2v) is 5.91. The molecule has 0 unspecified atom stereocenters. The zero-order valence-corrected chi connectivity index (χ0v) is 14.6. The summed E-state index contributed by atoms with van der Waals surface area (Å²) in [6.45, 7) is 2.50. The van der Waals surface area contributed by atoms with Crippen LogP contribution in [0.1, 0.15) is 18.4 Å². The second kappa shape index (κ2) is 8.75. The molecule has 0 spiro atoms. The maximum Gasteiger partial charge on any atom is 0.234 e. The third kappa shape index (κ3) is 4.75. The van der Waals surface area contributed by atoms with Crippen LogP contribution in [-0.4, -0.2) is 57.8 Å². The summed E-state index contributed by atoms with van der Waals surface area (Å²) >= 11 is 0. The van der Waals surface area contributed by atoms with Crippen LogP contribution in [0.2, 0.25) is 0 Å². The van der Waals surface area contributed by atoms with Gasteiger partial charge in [0.25, 0.3) is 0 Å². The minimum absolute atomic E-state index is 0.0118. The van der Waals surface area contributed by atoms with Crippen molar-refractivity contribution in [2.45, 2.75) is 25.4 Å². The normalized spacial score (nSPS) is 15.8. The van der Waals surface area contributed by atoms with E-state index in [2.05, 4.69) is 10.2 Å². The highest BCUT2D eigenvalue weighted by Gasteiger charge is 2.18. The van der Waals surface area contributed by atoms with Gasteiger partial charge in [-0.1, -0.05) is 0 Å². The molecule has 0 radical (unpaired) electrons. The first-order valence-electron chi connectivity index (χ1n) is 8.11. The predicted octanol–water partition coefficient (Wildman–Crippen LogP) is 0.752. The van der Waals surface area contributed by atoms with Crippen LogP contribution in [0, 0.1) is 0 Å². The molecule has 1 aliphatic rings. The highest BCUT2D eigenvalue weighted by molar-refractivity contribution is 5.78. The highest BCUT2D eigenvalue weighted by atomic mass is 16.5. The van der Waals surface area contributed by atoms with Crippen molar-refractivity contribution in [2.24, 2.45) is 5.73 Å².